The predicted octanol–water partition coefficient (Wildman–Crippen LogP) is 6.89. The molecule has 1 spiro atoms. The third-order valence-electron chi connectivity index (χ3n) is 8.77. The largest absolute Gasteiger partial charge is 0.489 e. The summed E-state index contributed by atoms with van der Waals surface area (Å²) >= 11 is 6.59. The van der Waals surface area contributed by atoms with Gasteiger partial charge in [0.05, 0.1) is 22.5 Å². The average molecular weight is 587 g/mol. The lowest BCUT2D eigenvalue weighted by Crippen LogP contribution is -2.49. The zero-order valence-electron chi connectivity index (χ0n) is 23.1. The van der Waals surface area contributed by atoms with Crippen LogP contribution in [0.25, 0.3) is 6.08 Å². The summed E-state index contributed by atoms with van der Waals surface area (Å²) in [5.74, 6) is -1.80. The molecule has 0 saturated carbocycles. The van der Waals surface area contributed by atoms with Crippen molar-refractivity contribution in [2.45, 2.75) is 17.5 Å². The van der Waals surface area contributed by atoms with Crippen molar-refractivity contribution in [3.63, 3.8) is 0 Å². The number of fused-ring (bicyclic) bond motifs is 6. The number of Topliss-reactive ketones (excluding diaryl/α,β-unsaturated/α-hetero) is 2. The van der Waals surface area contributed by atoms with Crippen LogP contribution >= 0.6 is 11.6 Å². The number of hydrogen-bond acceptors (Lipinski definition) is 5. The summed E-state index contributed by atoms with van der Waals surface area (Å²) in [5.41, 5.74) is 2.23. The van der Waals surface area contributed by atoms with Gasteiger partial charge in [-0.15, -0.1) is 0 Å². The third-order valence-corrected chi connectivity index (χ3v) is 9.10. The van der Waals surface area contributed by atoms with Crippen molar-refractivity contribution in [3.8, 4) is 5.75 Å². The van der Waals surface area contributed by atoms with Crippen LogP contribution in [0, 0.1) is 5.92 Å². The highest BCUT2D eigenvalue weighted by Crippen LogP contribution is 2.62. The van der Waals surface area contributed by atoms with Gasteiger partial charge >= 0.3 is 0 Å². The number of amides is 1. The van der Waals surface area contributed by atoms with E-state index in [1.807, 2.05) is 65.7 Å². The van der Waals surface area contributed by atoms with Gasteiger partial charge < -0.3 is 15.0 Å². The molecular formula is C36H27ClN2O4. The minimum Gasteiger partial charge on any atom is -0.489 e. The van der Waals surface area contributed by atoms with Gasteiger partial charge in [-0.25, -0.2) is 0 Å². The minimum absolute atomic E-state index is 0.191. The van der Waals surface area contributed by atoms with Crippen molar-refractivity contribution in [1.29, 1.82) is 0 Å². The Morgan fingerprint density at radius 1 is 0.907 bits per heavy atom. The summed E-state index contributed by atoms with van der Waals surface area (Å²) in [4.78, 5) is 46.3. The Balaban J connectivity index is 1.54. The molecule has 4 atom stereocenters. The Bertz CT molecular complexity index is 1850. The molecule has 43 heavy (non-hydrogen) atoms. The van der Waals surface area contributed by atoms with Crippen molar-refractivity contribution >= 4 is 40.8 Å². The van der Waals surface area contributed by atoms with E-state index in [9.17, 15) is 9.59 Å². The number of para-hydroxylation sites is 2. The maximum atomic E-state index is 15.1. The maximum Gasteiger partial charge on any atom is 0.238 e. The van der Waals surface area contributed by atoms with Gasteiger partial charge in [-0.3, -0.25) is 14.4 Å². The molecule has 7 rings (SSSR count). The third kappa shape index (κ3) is 3.90. The van der Waals surface area contributed by atoms with Crippen LogP contribution in [0.5, 0.6) is 5.75 Å². The quantitative estimate of drug-likeness (QED) is 0.189. The second-order valence-corrected chi connectivity index (χ2v) is 11.3. The molecule has 6 nitrogen and oxygen atoms in total. The van der Waals surface area contributed by atoms with Crippen LogP contribution in [-0.4, -0.2) is 35.0 Å². The van der Waals surface area contributed by atoms with Crippen molar-refractivity contribution < 1.29 is 19.1 Å². The number of benzene rings is 4. The zero-order chi connectivity index (χ0) is 29.7. The first-order valence-corrected chi connectivity index (χ1v) is 14.5. The number of ether oxygens (including phenoxy) is 1. The Hall–Kier alpha value is -4.94. The van der Waals surface area contributed by atoms with Crippen molar-refractivity contribution in [3.05, 3.63) is 149 Å². The molecule has 0 bridgehead atoms. The highest BCUT2D eigenvalue weighted by atomic mass is 35.5. The Morgan fingerprint density at radius 2 is 1.60 bits per heavy atom. The van der Waals surface area contributed by atoms with E-state index >= 15 is 4.79 Å². The van der Waals surface area contributed by atoms with Gasteiger partial charge in [-0.2, -0.15) is 0 Å². The molecule has 7 heteroatoms. The normalized spacial score (nSPS) is 22.9. The molecule has 1 fully saturated rings. The predicted molar refractivity (Wildman–Crippen MR) is 166 cm³/mol. The van der Waals surface area contributed by atoms with Gasteiger partial charge in [0.1, 0.15) is 23.8 Å². The lowest BCUT2D eigenvalue weighted by molar-refractivity contribution is -0.122. The molecule has 1 saturated heterocycles. The smallest absolute Gasteiger partial charge is 0.238 e. The Labute approximate surface area is 254 Å². The van der Waals surface area contributed by atoms with Crippen LogP contribution in [0.3, 0.4) is 0 Å². The highest BCUT2D eigenvalue weighted by Gasteiger charge is 2.71. The molecule has 0 radical (unpaired) electrons. The number of carbonyl (C=O) groups excluding carboxylic acids is 3. The SMILES string of the molecule is C=CCOc1ccccc1C(=O)[C@@H]1[C@H](C(=O)c2ccccc2Cl)N2C=Cc3ccccc3[C@@H]2[C@]12C(=O)Nc1ccccc12. The van der Waals surface area contributed by atoms with E-state index in [0.29, 0.717) is 22.6 Å². The molecule has 4 aromatic rings. The van der Waals surface area contributed by atoms with Crippen LogP contribution in [-0.2, 0) is 10.2 Å². The number of rotatable bonds is 7. The number of anilines is 1. The molecule has 0 unspecified atom stereocenters. The summed E-state index contributed by atoms with van der Waals surface area (Å²) < 4.78 is 5.92. The lowest BCUT2D eigenvalue weighted by Gasteiger charge is -2.38. The number of nitrogens with one attached hydrogen (secondary N) is 1. The van der Waals surface area contributed by atoms with Crippen molar-refractivity contribution in [2.24, 2.45) is 5.92 Å². The number of ketones is 2. The van der Waals surface area contributed by atoms with E-state index in [0.717, 1.165) is 11.1 Å². The Kier molecular flexibility index (Phi) is 6.51. The van der Waals surface area contributed by atoms with Gasteiger partial charge in [0, 0.05) is 17.5 Å². The first-order chi connectivity index (χ1) is 21.0. The van der Waals surface area contributed by atoms with E-state index in [-0.39, 0.29) is 34.7 Å². The number of hydrogen-bond donors (Lipinski definition) is 1. The molecule has 3 aliphatic heterocycles. The average Bonchev–Trinajstić information content (AvgIpc) is 3.52. The first kappa shape index (κ1) is 26.9. The molecule has 4 aromatic carbocycles. The summed E-state index contributed by atoms with van der Waals surface area (Å²) in [6.45, 7) is 3.92. The van der Waals surface area contributed by atoms with Gasteiger partial charge in [-0.05, 0) is 53.1 Å². The first-order valence-electron chi connectivity index (χ1n) is 14.1. The standard InChI is InChI=1S/C36H27ClN2O4/c1-2-21-43-29-18-10-6-14-25(29)32(40)30-31(33(41)24-13-5-8-16-27(24)37)39-20-19-22-11-3-4-12-23(22)34(39)36(30)26-15-7-9-17-28(26)38-35(36)42/h2-20,30-31,34H,1,21H2,(H,38,42)/t30-,31+,34+,36+/m0/s1. The monoisotopic (exact) mass is 586 g/mol. The van der Waals surface area contributed by atoms with Gasteiger partial charge in [0.15, 0.2) is 11.6 Å². The van der Waals surface area contributed by atoms with Crippen LogP contribution in [0.4, 0.5) is 5.69 Å². The summed E-state index contributed by atoms with van der Waals surface area (Å²) in [6.07, 6.45) is 5.37. The molecule has 3 aliphatic rings. The number of carbonyl (C=O) groups is 3. The van der Waals surface area contributed by atoms with Crippen molar-refractivity contribution in [1.82, 2.24) is 4.90 Å². The van der Waals surface area contributed by atoms with Crippen molar-refractivity contribution in [2.75, 3.05) is 11.9 Å². The molecule has 3 heterocycles. The lowest BCUT2D eigenvalue weighted by atomic mass is 9.62. The molecular weight excluding hydrogens is 560 g/mol. The topological polar surface area (TPSA) is 75.7 Å². The summed E-state index contributed by atoms with van der Waals surface area (Å²) in [6, 6.07) is 27.3. The maximum absolute atomic E-state index is 15.1. The van der Waals surface area contributed by atoms with E-state index in [4.69, 9.17) is 16.3 Å². The minimum atomic E-state index is -1.44. The number of nitrogens with zero attached hydrogens (tertiary/aromatic N) is 1. The highest BCUT2D eigenvalue weighted by molar-refractivity contribution is 6.34. The second-order valence-electron chi connectivity index (χ2n) is 10.9. The Morgan fingerprint density at radius 3 is 2.42 bits per heavy atom. The van der Waals surface area contributed by atoms with Gasteiger partial charge in [0.2, 0.25) is 5.91 Å². The fourth-order valence-electron chi connectivity index (χ4n) is 7.10. The van der Waals surface area contributed by atoms with Crippen LogP contribution in [0.15, 0.2) is 116 Å². The molecule has 1 N–H and O–H groups in total. The van der Waals surface area contributed by atoms with Crippen LogP contribution in [0.2, 0.25) is 5.02 Å². The molecule has 0 aromatic heterocycles. The van der Waals surface area contributed by atoms with E-state index in [1.165, 1.54) is 0 Å². The van der Waals surface area contributed by atoms with E-state index < -0.39 is 23.4 Å². The van der Waals surface area contributed by atoms with Gasteiger partial charge in [0.25, 0.3) is 0 Å². The van der Waals surface area contributed by atoms with Gasteiger partial charge in [-0.1, -0.05) is 91.0 Å². The van der Waals surface area contributed by atoms with Crippen LogP contribution < -0.4 is 10.1 Å². The fourth-order valence-corrected chi connectivity index (χ4v) is 7.33. The zero-order valence-corrected chi connectivity index (χ0v) is 23.8. The molecule has 212 valence electrons. The molecule has 0 aliphatic carbocycles. The summed E-state index contributed by atoms with van der Waals surface area (Å²) in [5, 5.41) is 3.35. The second kappa shape index (κ2) is 10.4. The fraction of sp³-hybridized carbons (Fsp3) is 0.139. The van der Waals surface area contributed by atoms with Crippen LogP contribution in [0.1, 0.15) is 43.4 Å². The molecule has 1 amide bonds. The van der Waals surface area contributed by atoms with E-state index in [2.05, 4.69) is 11.9 Å². The summed E-state index contributed by atoms with van der Waals surface area (Å²) in [7, 11) is 0. The van der Waals surface area contributed by atoms with E-state index in [1.54, 1.807) is 54.6 Å². The number of halogens is 1.